The molecular weight excluding hydrogens is 232 g/mol. The van der Waals surface area contributed by atoms with Crippen molar-refractivity contribution in [1.29, 1.82) is 0 Å². The molecule has 0 bridgehead atoms. The Labute approximate surface area is 104 Å². The Morgan fingerprint density at radius 1 is 1.33 bits per heavy atom. The highest BCUT2D eigenvalue weighted by Gasteiger charge is 2.22. The fourth-order valence-corrected chi connectivity index (χ4v) is 2.16. The Morgan fingerprint density at radius 2 is 2.17 bits per heavy atom. The maximum absolute atomic E-state index is 12.1. The van der Waals surface area contributed by atoms with E-state index in [0.29, 0.717) is 24.4 Å². The lowest BCUT2D eigenvalue weighted by molar-refractivity contribution is -0.122. The number of hydrogen-bond donors (Lipinski definition) is 2. The lowest BCUT2D eigenvalue weighted by atomic mass is 9.99. The minimum Gasteiger partial charge on any atom is -0.381 e. The van der Waals surface area contributed by atoms with Crippen molar-refractivity contribution in [1.82, 2.24) is 15.4 Å². The number of anilines is 1. The third-order valence-electron chi connectivity index (χ3n) is 3.20. The Kier molecular flexibility index (Phi) is 2.93. The molecule has 0 saturated carbocycles. The number of carbonyl (C=O) groups excluding carboxylic acids is 1. The summed E-state index contributed by atoms with van der Waals surface area (Å²) in [6.07, 6.45) is 1.56. The predicted octanol–water partition coefficient (Wildman–Crippen LogP) is 1.32. The van der Waals surface area contributed by atoms with Gasteiger partial charge in [0.1, 0.15) is 11.0 Å². The molecule has 1 fully saturated rings. The first-order valence-corrected chi connectivity index (χ1v) is 6.03. The van der Waals surface area contributed by atoms with Crippen LogP contribution in [0.25, 0.3) is 11.0 Å². The van der Waals surface area contributed by atoms with Crippen molar-refractivity contribution in [3.05, 3.63) is 18.2 Å². The number of hydrogen-bond acceptors (Lipinski definition) is 4. The van der Waals surface area contributed by atoms with E-state index in [1.807, 2.05) is 18.2 Å². The zero-order valence-corrected chi connectivity index (χ0v) is 9.85. The summed E-state index contributed by atoms with van der Waals surface area (Å²) in [5.74, 6) is 0.0645. The molecule has 0 aliphatic carbocycles. The van der Waals surface area contributed by atoms with Crippen LogP contribution in [0.15, 0.2) is 18.2 Å². The Bertz CT molecular complexity index is 560. The standard InChI is InChI=1S/C12H14N4O2/c17-12(8-4-6-18-7-5-8)13-9-2-1-3-10-11(9)15-16-14-10/h1-3,8H,4-7H2,(H,13,17)(H,14,15,16). The predicted molar refractivity (Wildman–Crippen MR) is 66.1 cm³/mol. The van der Waals surface area contributed by atoms with Crippen LogP contribution in [0.5, 0.6) is 0 Å². The van der Waals surface area contributed by atoms with Gasteiger partial charge in [-0.1, -0.05) is 6.07 Å². The number of nitrogens with one attached hydrogen (secondary N) is 2. The number of amides is 1. The third-order valence-corrected chi connectivity index (χ3v) is 3.20. The maximum atomic E-state index is 12.1. The Hall–Kier alpha value is -1.95. The van der Waals surface area contributed by atoms with Crippen LogP contribution >= 0.6 is 0 Å². The van der Waals surface area contributed by atoms with Gasteiger partial charge in [0.25, 0.3) is 0 Å². The van der Waals surface area contributed by atoms with E-state index in [9.17, 15) is 4.79 Å². The van der Waals surface area contributed by atoms with Gasteiger partial charge in [0.2, 0.25) is 5.91 Å². The van der Waals surface area contributed by atoms with Crippen LogP contribution in [0, 0.1) is 5.92 Å². The average molecular weight is 246 g/mol. The monoisotopic (exact) mass is 246 g/mol. The van der Waals surface area contributed by atoms with Gasteiger partial charge in [-0.25, -0.2) is 0 Å². The zero-order chi connectivity index (χ0) is 12.4. The summed E-state index contributed by atoms with van der Waals surface area (Å²) in [4.78, 5) is 12.1. The molecule has 3 rings (SSSR count). The van der Waals surface area contributed by atoms with Gasteiger partial charge in [-0.05, 0) is 25.0 Å². The topological polar surface area (TPSA) is 79.9 Å². The zero-order valence-electron chi connectivity index (χ0n) is 9.85. The molecule has 18 heavy (non-hydrogen) atoms. The minimum absolute atomic E-state index is 0.0286. The number of rotatable bonds is 2. The molecule has 2 heterocycles. The number of nitrogens with zero attached hydrogens (tertiary/aromatic N) is 2. The highest BCUT2D eigenvalue weighted by molar-refractivity contribution is 6.00. The van der Waals surface area contributed by atoms with Gasteiger partial charge in [0, 0.05) is 19.1 Å². The fourth-order valence-electron chi connectivity index (χ4n) is 2.16. The first-order valence-electron chi connectivity index (χ1n) is 6.03. The number of carbonyl (C=O) groups is 1. The lowest BCUT2D eigenvalue weighted by Crippen LogP contribution is -2.28. The lowest BCUT2D eigenvalue weighted by Gasteiger charge is -2.21. The molecule has 0 radical (unpaired) electrons. The van der Waals surface area contributed by atoms with Crippen LogP contribution in [-0.2, 0) is 9.53 Å². The molecule has 1 aromatic carbocycles. The molecule has 6 nitrogen and oxygen atoms in total. The molecule has 1 amide bonds. The Balaban J connectivity index is 1.79. The number of aromatic nitrogens is 3. The van der Waals surface area contributed by atoms with Crippen molar-refractivity contribution in [2.24, 2.45) is 5.92 Å². The normalized spacial score (nSPS) is 16.9. The van der Waals surface area contributed by atoms with Gasteiger partial charge in [-0.3, -0.25) is 4.79 Å². The molecule has 1 aliphatic heterocycles. The molecule has 1 aromatic heterocycles. The summed E-state index contributed by atoms with van der Waals surface area (Å²) >= 11 is 0. The summed E-state index contributed by atoms with van der Waals surface area (Å²) in [5.41, 5.74) is 2.15. The van der Waals surface area contributed by atoms with Crippen molar-refractivity contribution in [3.63, 3.8) is 0 Å². The van der Waals surface area contributed by atoms with Crippen LogP contribution < -0.4 is 5.32 Å². The van der Waals surface area contributed by atoms with Crippen LogP contribution in [0.1, 0.15) is 12.8 Å². The van der Waals surface area contributed by atoms with E-state index >= 15 is 0 Å². The van der Waals surface area contributed by atoms with E-state index in [1.54, 1.807) is 0 Å². The quantitative estimate of drug-likeness (QED) is 0.837. The van der Waals surface area contributed by atoms with Crippen molar-refractivity contribution in [3.8, 4) is 0 Å². The number of para-hydroxylation sites is 1. The molecule has 94 valence electrons. The van der Waals surface area contributed by atoms with Crippen LogP contribution in [0.4, 0.5) is 5.69 Å². The Morgan fingerprint density at radius 3 is 3.00 bits per heavy atom. The number of fused-ring (bicyclic) bond motifs is 1. The second-order valence-corrected chi connectivity index (χ2v) is 4.37. The molecule has 1 saturated heterocycles. The third kappa shape index (κ3) is 2.06. The van der Waals surface area contributed by atoms with Crippen LogP contribution in [0.3, 0.4) is 0 Å². The van der Waals surface area contributed by atoms with E-state index in [-0.39, 0.29) is 11.8 Å². The van der Waals surface area contributed by atoms with E-state index in [0.717, 1.165) is 18.4 Å². The summed E-state index contributed by atoms with van der Waals surface area (Å²) < 4.78 is 5.25. The molecule has 0 unspecified atom stereocenters. The molecule has 1 aliphatic rings. The molecular formula is C12H14N4O2. The van der Waals surface area contributed by atoms with Gasteiger partial charge in [0.05, 0.1) is 5.69 Å². The molecule has 0 spiro atoms. The van der Waals surface area contributed by atoms with Crippen LogP contribution in [-0.4, -0.2) is 34.5 Å². The maximum Gasteiger partial charge on any atom is 0.227 e. The largest absolute Gasteiger partial charge is 0.381 e. The summed E-state index contributed by atoms with van der Waals surface area (Å²) in [5, 5.41) is 13.5. The van der Waals surface area contributed by atoms with Gasteiger partial charge in [-0.15, -0.1) is 0 Å². The second kappa shape index (κ2) is 4.73. The van der Waals surface area contributed by atoms with E-state index < -0.39 is 0 Å². The number of H-pyrrole nitrogens is 1. The highest BCUT2D eigenvalue weighted by Crippen LogP contribution is 2.22. The van der Waals surface area contributed by atoms with Crippen LogP contribution in [0.2, 0.25) is 0 Å². The molecule has 6 heteroatoms. The molecule has 0 atom stereocenters. The van der Waals surface area contributed by atoms with Gasteiger partial charge in [0.15, 0.2) is 0 Å². The first-order chi connectivity index (χ1) is 8.84. The number of aromatic amines is 1. The van der Waals surface area contributed by atoms with Crippen molar-refractivity contribution in [2.75, 3.05) is 18.5 Å². The highest BCUT2D eigenvalue weighted by atomic mass is 16.5. The summed E-state index contributed by atoms with van der Waals surface area (Å²) in [6, 6.07) is 5.54. The summed E-state index contributed by atoms with van der Waals surface area (Å²) in [7, 11) is 0. The van der Waals surface area contributed by atoms with E-state index in [2.05, 4.69) is 20.7 Å². The van der Waals surface area contributed by atoms with E-state index in [4.69, 9.17) is 4.74 Å². The van der Waals surface area contributed by atoms with Crippen molar-refractivity contribution in [2.45, 2.75) is 12.8 Å². The van der Waals surface area contributed by atoms with Crippen molar-refractivity contribution < 1.29 is 9.53 Å². The van der Waals surface area contributed by atoms with Gasteiger partial charge >= 0.3 is 0 Å². The fraction of sp³-hybridized carbons (Fsp3) is 0.417. The molecule has 2 aromatic rings. The molecule has 2 N–H and O–H groups in total. The average Bonchev–Trinajstić information content (AvgIpc) is 2.89. The smallest absolute Gasteiger partial charge is 0.227 e. The number of ether oxygens (including phenoxy) is 1. The summed E-state index contributed by atoms with van der Waals surface area (Å²) in [6.45, 7) is 1.32. The van der Waals surface area contributed by atoms with Crippen molar-refractivity contribution >= 4 is 22.6 Å². The second-order valence-electron chi connectivity index (χ2n) is 4.37. The minimum atomic E-state index is 0.0286. The van der Waals surface area contributed by atoms with E-state index in [1.165, 1.54) is 0 Å². The first kappa shape index (κ1) is 11.2. The van der Waals surface area contributed by atoms with Gasteiger partial charge in [-0.2, -0.15) is 15.4 Å². The SMILES string of the molecule is O=C(Nc1cccc2n[nH]nc12)C1CCOCC1. The number of benzene rings is 1. The van der Waals surface area contributed by atoms with Gasteiger partial charge < -0.3 is 10.1 Å².